The third-order valence-corrected chi connectivity index (χ3v) is 5.48. The highest BCUT2D eigenvalue weighted by molar-refractivity contribution is 7.90. The van der Waals surface area contributed by atoms with Crippen molar-refractivity contribution in [1.29, 1.82) is 5.26 Å². The summed E-state index contributed by atoms with van der Waals surface area (Å²) in [5.74, 6) is -0.358. The number of carbonyl (C=O) groups is 1. The Balaban J connectivity index is 1.75. The largest absolute Gasteiger partial charge is 0.458 e. The Morgan fingerprint density at radius 2 is 1.66 bits per heavy atom. The standard InChI is InChI=1S/C19H15ClN6O5S/c20-14-8-4-5-9-15(14)32(28,29)26-17(27)22-16-23-18(30-11-10-21)25-19(24-16)31-12-13-6-2-1-3-7-13/h1-9H,11-12H2,(H2,22,23,24,25,26,27). The van der Waals surface area contributed by atoms with Gasteiger partial charge in [0.2, 0.25) is 5.95 Å². The second kappa shape index (κ2) is 10.4. The summed E-state index contributed by atoms with van der Waals surface area (Å²) in [6.07, 6.45) is 0. The minimum Gasteiger partial charge on any atom is -0.458 e. The third kappa shape index (κ3) is 6.27. The van der Waals surface area contributed by atoms with Gasteiger partial charge in [0.15, 0.2) is 6.61 Å². The zero-order valence-corrected chi connectivity index (χ0v) is 17.8. The molecule has 3 aromatic rings. The molecule has 11 nitrogen and oxygen atoms in total. The summed E-state index contributed by atoms with van der Waals surface area (Å²) in [5.41, 5.74) is 0.825. The topological polar surface area (TPSA) is 156 Å². The van der Waals surface area contributed by atoms with Crippen molar-refractivity contribution in [3.05, 3.63) is 65.2 Å². The molecule has 32 heavy (non-hydrogen) atoms. The van der Waals surface area contributed by atoms with E-state index < -0.39 is 16.1 Å². The van der Waals surface area contributed by atoms with Gasteiger partial charge in [-0.1, -0.05) is 54.1 Å². The van der Waals surface area contributed by atoms with E-state index in [1.54, 1.807) is 16.9 Å². The van der Waals surface area contributed by atoms with Crippen molar-refractivity contribution in [1.82, 2.24) is 19.7 Å². The van der Waals surface area contributed by atoms with Crippen molar-refractivity contribution in [2.24, 2.45) is 0 Å². The van der Waals surface area contributed by atoms with Crippen LogP contribution in [0.5, 0.6) is 12.0 Å². The van der Waals surface area contributed by atoms with Gasteiger partial charge >= 0.3 is 18.1 Å². The van der Waals surface area contributed by atoms with E-state index in [1.807, 2.05) is 30.3 Å². The van der Waals surface area contributed by atoms with Gasteiger partial charge in [0.05, 0.1) is 5.02 Å². The van der Waals surface area contributed by atoms with Gasteiger partial charge in [0.1, 0.15) is 17.6 Å². The Morgan fingerprint density at radius 3 is 2.34 bits per heavy atom. The minimum atomic E-state index is -4.26. The molecular weight excluding hydrogens is 460 g/mol. The fraction of sp³-hybridized carbons (Fsp3) is 0.105. The highest BCUT2D eigenvalue weighted by Gasteiger charge is 2.21. The highest BCUT2D eigenvalue weighted by Crippen LogP contribution is 2.20. The number of carbonyl (C=O) groups excluding carboxylic acids is 1. The molecule has 0 bridgehead atoms. The lowest BCUT2D eigenvalue weighted by molar-refractivity contribution is 0.255. The number of hydrogen-bond donors (Lipinski definition) is 2. The van der Waals surface area contributed by atoms with E-state index in [0.29, 0.717) is 0 Å². The number of ether oxygens (including phenoxy) is 2. The maximum absolute atomic E-state index is 12.4. The first-order chi connectivity index (χ1) is 15.4. The molecule has 0 saturated carbocycles. The molecule has 0 aliphatic heterocycles. The molecule has 2 N–H and O–H groups in total. The van der Waals surface area contributed by atoms with Gasteiger partial charge in [0.25, 0.3) is 10.0 Å². The van der Waals surface area contributed by atoms with Crippen molar-refractivity contribution in [2.45, 2.75) is 11.5 Å². The first-order valence-corrected chi connectivity index (χ1v) is 10.7. The molecule has 13 heteroatoms. The quantitative estimate of drug-likeness (QED) is 0.500. The summed E-state index contributed by atoms with van der Waals surface area (Å²) < 4.78 is 37.1. The molecule has 0 aliphatic rings. The summed E-state index contributed by atoms with van der Waals surface area (Å²) in [4.78, 5) is 23.6. The zero-order chi connectivity index (χ0) is 23.0. The van der Waals surface area contributed by atoms with E-state index in [-0.39, 0.29) is 41.1 Å². The van der Waals surface area contributed by atoms with Crippen LogP contribution in [0, 0.1) is 11.3 Å². The van der Waals surface area contributed by atoms with Gasteiger partial charge in [-0.3, -0.25) is 5.32 Å². The van der Waals surface area contributed by atoms with Crippen LogP contribution in [-0.4, -0.2) is 36.0 Å². The molecule has 0 atom stereocenters. The lowest BCUT2D eigenvalue weighted by Crippen LogP contribution is -2.35. The van der Waals surface area contributed by atoms with Crippen molar-refractivity contribution in [3.8, 4) is 18.1 Å². The molecule has 0 spiro atoms. The average Bonchev–Trinajstić information content (AvgIpc) is 2.76. The number of amides is 2. The fourth-order valence-electron chi connectivity index (χ4n) is 2.31. The van der Waals surface area contributed by atoms with Gasteiger partial charge in [-0.2, -0.15) is 15.2 Å². The van der Waals surface area contributed by atoms with Crippen LogP contribution in [0.3, 0.4) is 0 Å². The molecule has 1 aromatic heterocycles. The highest BCUT2D eigenvalue weighted by atomic mass is 35.5. The first-order valence-electron chi connectivity index (χ1n) is 8.88. The summed E-state index contributed by atoms with van der Waals surface area (Å²) in [6.45, 7) is -0.260. The molecule has 2 amide bonds. The van der Waals surface area contributed by atoms with Gasteiger partial charge in [-0.05, 0) is 17.7 Å². The van der Waals surface area contributed by atoms with Crippen molar-refractivity contribution in [3.63, 3.8) is 0 Å². The molecule has 0 aliphatic carbocycles. The predicted octanol–water partition coefficient (Wildman–Crippen LogP) is 2.52. The molecular formula is C19H15ClN6O5S. The van der Waals surface area contributed by atoms with E-state index in [1.165, 1.54) is 18.2 Å². The Morgan fingerprint density at radius 1 is 1.00 bits per heavy atom. The third-order valence-electron chi connectivity index (χ3n) is 3.65. The number of nitrogens with one attached hydrogen (secondary N) is 2. The number of sulfonamides is 1. The van der Waals surface area contributed by atoms with E-state index in [9.17, 15) is 13.2 Å². The summed E-state index contributed by atoms with van der Waals surface area (Å²) in [5, 5.41) is 10.8. The summed E-state index contributed by atoms with van der Waals surface area (Å²) in [7, 11) is -4.26. The van der Waals surface area contributed by atoms with Crippen LogP contribution in [0.15, 0.2) is 59.5 Å². The van der Waals surface area contributed by atoms with Gasteiger partial charge in [0, 0.05) is 0 Å². The smallest absolute Gasteiger partial charge is 0.335 e. The number of benzene rings is 2. The normalized spacial score (nSPS) is 10.6. The van der Waals surface area contributed by atoms with Crippen molar-refractivity contribution >= 4 is 33.6 Å². The molecule has 0 fully saturated rings. The minimum absolute atomic E-state index is 0.0586. The number of nitriles is 1. The fourth-order valence-corrected chi connectivity index (χ4v) is 3.74. The van der Waals surface area contributed by atoms with Gasteiger partial charge < -0.3 is 9.47 Å². The monoisotopic (exact) mass is 474 g/mol. The SMILES string of the molecule is N#CCOc1nc(NC(=O)NS(=O)(=O)c2ccccc2Cl)nc(OCc2ccccc2)n1. The number of nitrogens with zero attached hydrogens (tertiary/aromatic N) is 4. The number of anilines is 1. The molecule has 3 rings (SSSR count). The van der Waals surface area contributed by atoms with E-state index >= 15 is 0 Å². The molecule has 164 valence electrons. The number of aromatic nitrogens is 3. The molecule has 2 aromatic carbocycles. The molecule has 0 radical (unpaired) electrons. The molecule has 1 heterocycles. The molecule has 0 saturated heterocycles. The van der Waals surface area contributed by atoms with Crippen LogP contribution in [0.2, 0.25) is 5.02 Å². The maximum atomic E-state index is 12.4. The van der Waals surface area contributed by atoms with Crippen LogP contribution in [-0.2, 0) is 16.6 Å². The number of hydrogen-bond acceptors (Lipinski definition) is 9. The number of rotatable bonds is 8. The van der Waals surface area contributed by atoms with Crippen LogP contribution in [0.1, 0.15) is 5.56 Å². The Bertz CT molecular complexity index is 1250. The summed E-state index contributed by atoms with van der Waals surface area (Å²) in [6, 6.07) is 14.8. The second-order valence-corrected chi connectivity index (χ2v) is 7.99. The molecule has 0 unspecified atom stereocenters. The Kier molecular flexibility index (Phi) is 7.37. The van der Waals surface area contributed by atoms with E-state index in [0.717, 1.165) is 5.56 Å². The van der Waals surface area contributed by atoms with Crippen LogP contribution in [0.4, 0.5) is 10.7 Å². The Hall–Kier alpha value is -3.95. The lowest BCUT2D eigenvalue weighted by atomic mass is 10.2. The second-order valence-electron chi connectivity index (χ2n) is 5.94. The zero-order valence-electron chi connectivity index (χ0n) is 16.2. The summed E-state index contributed by atoms with van der Waals surface area (Å²) >= 11 is 5.88. The number of halogens is 1. The van der Waals surface area contributed by atoms with Gasteiger partial charge in [-0.15, -0.1) is 4.98 Å². The Labute approximate surface area is 188 Å². The van der Waals surface area contributed by atoms with Gasteiger partial charge in [-0.25, -0.2) is 17.9 Å². The first kappa shape index (κ1) is 22.7. The van der Waals surface area contributed by atoms with Crippen LogP contribution in [0.25, 0.3) is 0 Å². The number of urea groups is 1. The predicted molar refractivity (Wildman–Crippen MR) is 113 cm³/mol. The van der Waals surface area contributed by atoms with E-state index in [4.69, 9.17) is 26.3 Å². The van der Waals surface area contributed by atoms with E-state index in [2.05, 4.69) is 20.3 Å². The maximum Gasteiger partial charge on any atom is 0.335 e. The van der Waals surface area contributed by atoms with Crippen LogP contribution >= 0.6 is 11.6 Å². The average molecular weight is 475 g/mol. The van der Waals surface area contributed by atoms with Crippen LogP contribution < -0.4 is 19.5 Å². The van der Waals surface area contributed by atoms with Crippen molar-refractivity contribution < 1.29 is 22.7 Å². The van der Waals surface area contributed by atoms with Crippen molar-refractivity contribution in [2.75, 3.05) is 11.9 Å². The lowest BCUT2D eigenvalue weighted by Gasteiger charge is -2.10.